The summed E-state index contributed by atoms with van der Waals surface area (Å²) in [5.41, 5.74) is 0.166. The average Bonchev–Trinajstić information content (AvgIpc) is 2.69. The van der Waals surface area contributed by atoms with Crippen molar-refractivity contribution in [1.82, 2.24) is 0 Å². The van der Waals surface area contributed by atoms with E-state index in [2.05, 4.69) is 42.1 Å². The summed E-state index contributed by atoms with van der Waals surface area (Å²) < 4.78 is 0. The number of nitrogens with zero attached hydrogens (tertiary/aromatic N) is 3. The van der Waals surface area contributed by atoms with E-state index >= 15 is 0 Å². The van der Waals surface area contributed by atoms with Gasteiger partial charge in [0.05, 0.1) is 4.88 Å². The quantitative estimate of drug-likeness (QED) is 0.688. The molecule has 0 N–H and O–H groups in total. The highest BCUT2D eigenvalue weighted by atomic mass is 32.1. The minimum absolute atomic E-state index is 0.166. The van der Waals surface area contributed by atoms with E-state index < -0.39 is 0 Å². The third-order valence-corrected chi connectivity index (χ3v) is 3.68. The van der Waals surface area contributed by atoms with Crippen LogP contribution in [0.4, 0.5) is 0 Å². The van der Waals surface area contributed by atoms with Gasteiger partial charge < -0.3 is 0 Å². The van der Waals surface area contributed by atoms with Crippen molar-refractivity contribution >= 4 is 34.5 Å². The normalized spacial score (nSPS) is 15.9. The van der Waals surface area contributed by atoms with Crippen LogP contribution in [0.3, 0.4) is 0 Å². The van der Waals surface area contributed by atoms with Crippen LogP contribution in [-0.4, -0.2) is 10.9 Å². The van der Waals surface area contributed by atoms with Crippen LogP contribution >= 0.6 is 23.6 Å². The Bertz CT molecular complexity index is 463. The molecule has 0 bridgehead atoms. The van der Waals surface area contributed by atoms with Gasteiger partial charge in [0.25, 0.3) is 0 Å². The lowest BCUT2D eigenvalue weighted by atomic mass is 9.95. The number of hydrogen-bond acceptors (Lipinski definition) is 3. The molecule has 0 aromatic carbocycles. The maximum atomic E-state index is 4.83. The highest BCUT2D eigenvalue weighted by Crippen LogP contribution is 2.30. The largest absolute Gasteiger partial charge is 0.242 e. The Kier molecular flexibility index (Phi) is 2.52. The van der Waals surface area contributed by atoms with Crippen LogP contribution < -0.4 is 0 Å². The molecule has 5 heteroatoms. The van der Waals surface area contributed by atoms with Crippen molar-refractivity contribution in [2.45, 2.75) is 26.2 Å². The van der Waals surface area contributed by atoms with E-state index in [9.17, 15) is 0 Å². The van der Waals surface area contributed by atoms with Gasteiger partial charge in [0.2, 0.25) is 5.11 Å². The Morgan fingerprint density at radius 1 is 1.20 bits per heavy atom. The Hall–Kier alpha value is -0.940. The molecule has 0 fully saturated rings. The summed E-state index contributed by atoms with van der Waals surface area (Å²) in [5.74, 6) is 0.639. The first-order chi connectivity index (χ1) is 6.97. The van der Waals surface area contributed by atoms with Crippen molar-refractivity contribution in [3.05, 3.63) is 21.9 Å². The number of aliphatic imine (C=N–C) groups is 1. The standard InChI is InChI=1S/C10H11N3S2/c1-10(2,3)7-5-4-6(15-7)8-11-9(14)13-12-8/h4-5H,1-3H3. The maximum absolute atomic E-state index is 4.83. The first-order valence-electron chi connectivity index (χ1n) is 4.62. The molecular weight excluding hydrogens is 226 g/mol. The number of azo groups is 1. The molecule has 15 heavy (non-hydrogen) atoms. The SMILES string of the molecule is CC(C)(C)c1ccc(C2=NC(=S)N=N2)s1. The molecule has 1 aliphatic heterocycles. The van der Waals surface area contributed by atoms with Crippen LogP contribution in [-0.2, 0) is 5.41 Å². The predicted octanol–water partition coefficient (Wildman–Crippen LogP) is 3.54. The van der Waals surface area contributed by atoms with Crippen molar-refractivity contribution in [2.75, 3.05) is 0 Å². The van der Waals surface area contributed by atoms with E-state index in [1.54, 1.807) is 11.3 Å². The fourth-order valence-electron chi connectivity index (χ4n) is 1.19. The Morgan fingerprint density at radius 2 is 1.93 bits per heavy atom. The molecule has 0 unspecified atom stereocenters. The summed E-state index contributed by atoms with van der Waals surface area (Å²) in [6.07, 6.45) is 0. The minimum atomic E-state index is 0.166. The Labute approximate surface area is 98.0 Å². The van der Waals surface area contributed by atoms with Crippen LogP contribution in [0.2, 0.25) is 0 Å². The van der Waals surface area contributed by atoms with Gasteiger partial charge in [-0.3, -0.25) is 0 Å². The first-order valence-corrected chi connectivity index (χ1v) is 5.84. The van der Waals surface area contributed by atoms with E-state index in [1.807, 2.05) is 6.07 Å². The van der Waals surface area contributed by atoms with Crippen LogP contribution in [0.1, 0.15) is 30.5 Å². The van der Waals surface area contributed by atoms with Gasteiger partial charge >= 0.3 is 0 Å². The lowest BCUT2D eigenvalue weighted by molar-refractivity contribution is 0.604. The molecule has 0 radical (unpaired) electrons. The molecule has 2 rings (SSSR count). The lowest BCUT2D eigenvalue weighted by Gasteiger charge is -2.15. The van der Waals surface area contributed by atoms with Crippen LogP contribution in [0, 0.1) is 0 Å². The number of thiophene rings is 1. The summed E-state index contributed by atoms with van der Waals surface area (Å²) in [6, 6.07) is 4.14. The van der Waals surface area contributed by atoms with Gasteiger partial charge in [0, 0.05) is 4.88 Å². The van der Waals surface area contributed by atoms with Crippen LogP contribution in [0.5, 0.6) is 0 Å². The lowest BCUT2D eigenvalue weighted by Crippen LogP contribution is -2.07. The molecule has 3 nitrogen and oxygen atoms in total. The van der Waals surface area contributed by atoms with Crippen molar-refractivity contribution in [2.24, 2.45) is 15.2 Å². The van der Waals surface area contributed by atoms with Gasteiger partial charge in [-0.1, -0.05) is 20.8 Å². The maximum Gasteiger partial charge on any atom is 0.242 e. The van der Waals surface area contributed by atoms with Gasteiger partial charge in [-0.05, 0) is 29.8 Å². The van der Waals surface area contributed by atoms with E-state index in [4.69, 9.17) is 12.2 Å². The van der Waals surface area contributed by atoms with E-state index in [1.165, 1.54) is 4.88 Å². The first kappa shape index (κ1) is 10.6. The second-order valence-corrected chi connectivity index (χ2v) is 5.78. The topological polar surface area (TPSA) is 37.1 Å². The molecule has 0 saturated heterocycles. The van der Waals surface area contributed by atoms with E-state index in [0.717, 1.165) is 4.88 Å². The van der Waals surface area contributed by atoms with E-state index in [0.29, 0.717) is 10.9 Å². The van der Waals surface area contributed by atoms with Gasteiger partial charge in [-0.2, -0.15) is 4.99 Å². The molecule has 0 saturated carbocycles. The summed E-state index contributed by atoms with van der Waals surface area (Å²) in [6.45, 7) is 6.56. The summed E-state index contributed by atoms with van der Waals surface area (Å²) in [4.78, 5) is 6.42. The fraction of sp³-hybridized carbons (Fsp3) is 0.400. The zero-order valence-electron chi connectivity index (χ0n) is 8.81. The van der Waals surface area contributed by atoms with Gasteiger partial charge in [-0.15, -0.1) is 21.6 Å². The highest BCUT2D eigenvalue weighted by Gasteiger charge is 2.19. The minimum Gasteiger partial charge on any atom is -0.194 e. The van der Waals surface area contributed by atoms with Crippen molar-refractivity contribution in [1.29, 1.82) is 0 Å². The van der Waals surface area contributed by atoms with E-state index in [-0.39, 0.29) is 5.41 Å². The summed E-state index contributed by atoms with van der Waals surface area (Å²) in [7, 11) is 0. The molecule has 0 spiro atoms. The molecule has 78 valence electrons. The Morgan fingerprint density at radius 3 is 2.40 bits per heavy atom. The molecule has 0 amide bonds. The molecule has 0 aliphatic carbocycles. The zero-order chi connectivity index (χ0) is 11.1. The van der Waals surface area contributed by atoms with Gasteiger partial charge in [0.15, 0.2) is 5.84 Å². The number of hydrogen-bond donors (Lipinski definition) is 0. The number of rotatable bonds is 1. The van der Waals surface area contributed by atoms with Crippen molar-refractivity contribution in [3.8, 4) is 0 Å². The van der Waals surface area contributed by atoms with Gasteiger partial charge in [-0.25, -0.2) is 0 Å². The average molecular weight is 237 g/mol. The third-order valence-electron chi connectivity index (χ3n) is 2.00. The Balaban J connectivity index is 2.33. The second-order valence-electron chi connectivity index (χ2n) is 4.33. The molecule has 1 aromatic heterocycles. The molecule has 2 heterocycles. The van der Waals surface area contributed by atoms with Crippen molar-refractivity contribution in [3.63, 3.8) is 0 Å². The van der Waals surface area contributed by atoms with Crippen molar-refractivity contribution < 1.29 is 0 Å². The van der Waals surface area contributed by atoms with Crippen LogP contribution in [0.25, 0.3) is 0 Å². The number of amidine groups is 1. The number of thiocarbonyl (C=S) groups is 1. The van der Waals surface area contributed by atoms with Crippen LogP contribution in [0.15, 0.2) is 27.4 Å². The highest BCUT2D eigenvalue weighted by molar-refractivity contribution is 7.80. The van der Waals surface area contributed by atoms with Gasteiger partial charge in [0.1, 0.15) is 0 Å². The summed E-state index contributed by atoms with van der Waals surface area (Å²) >= 11 is 6.53. The summed E-state index contributed by atoms with van der Waals surface area (Å²) in [5, 5.41) is 7.97. The second kappa shape index (κ2) is 3.57. The predicted molar refractivity (Wildman–Crippen MR) is 67.0 cm³/mol. The smallest absolute Gasteiger partial charge is 0.194 e. The fourth-order valence-corrected chi connectivity index (χ4v) is 2.31. The molecule has 1 aliphatic rings. The monoisotopic (exact) mass is 237 g/mol. The zero-order valence-corrected chi connectivity index (χ0v) is 10.4. The third kappa shape index (κ3) is 2.18. The molecule has 1 aromatic rings. The molecule has 0 atom stereocenters. The molecular formula is C10H11N3S2.